The van der Waals surface area contributed by atoms with Gasteiger partial charge in [-0.2, -0.15) is 0 Å². The van der Waals surface area contributed by atoms with Crippen LogP contribution in [0.25, 0.3) is 0 Å². The molecule has 5 heteroatoms. The number of hydrogen-bond donors (Lipinski definition) is 2. The van der Waals surface area contributed by atoms with Crippen LogP contribution in [0.2, 0.25) is 0 Å². The number of carbonyl (C=O) groups is 1. The lowest BCUT2D eigenvalue weighted by Crippen LogP contribution is -2.04. The third kappa shape index (κ3) is 4.82. The molecule has 3 aromatic rings. The summed E-state index contributed by atoms with van der Waals surface area (Å²) in [7, 11) is 1.62. The molecule has 28 heavy (non-hydrogen) atoms. The number of hydrogen-bond acceptors (Lipinski definition) is 4. The van der Waals surface area contributed by atoms with Crippen LogP contribution in [0.4, 0.5) is 5.69 Å². The van der Waals surface area contributed by atoms with Crippen molar-refractivity contribution in [1.82, 2.24) is 0 Å². The fourth-order valence-electron chi connectivity index (χ4n) is 2.87. The predicted octanol–water partition coefficient (Wildman–Crippen LogP) is 4.89. The Labute approximate surface area is 164 Å². The van der Waals surface area contributed by atoms with Crippen LogP contribution >= 0.6 is 0 Å². The minimum Gasteiger partial charge on any atom is -0.493 e. The molecular weight excluding hydrogens is 354 g/mol. The van der Waals surface area contributed by atoms with Crippen LogP contribution in [-0.4, -0.2) is 18.2 Å². The molecule has 3 rings (SSSR count). The van der Waals surface area contributed by atoms with Gasteiger partial charge >= 0.3 is 5.97 Å². The van der Waals surface area contributed by atoms with Crippen LogP contribution in [0.5, 0.6) is 11.5 Å². The lowest BCUT2D eigenvalue weighted by Gasteiger charge is -2.14. The van der Waals surface area contributed by atoms with Crippen molar-refractivity contribution in [2.45, 2.75) is 20.1 Å². The molecule has 0 bridgehead atoms. The number of carboxylic acids is 1. The Balaban J connectivity index is 1.66. The third-order valence-electron chi connectivity index (χ3n) is 4.42. The predicted molar refractivity (Wildman–Crippen MR) is 109 cm³/mol. The Hall–Kier alpha value is -3.47. The summed E-state index contributed by atoms with van der Waals surface area (Å²) in [6, 6.07) is 20.8. The Morgan fingerprint density at radius 2 is 1.75 bits per heavy atom. The Bertz CT molecular complexity index is 954. The number of methoxy groups -OCH3 is 1. The normalized spacial score (nSPS) is 10.4. The van der Waals surface area contributed by atoms with Crippen molar-refractivity contribution in [3.63, 3.8) is 0 Å². The SMILES string of the molecule is COc1cc(CNc2ccc(C(=O)O)cc2C)ccc1OCc1ccccc1. The molecule has 0 atom stereocenters. The molecule has 0 aliphatic heterocycles. The van der Waals surface area contributed by atoms with Crippen molar-refractivity contribution >= 4 is 11.7 Å². The van der Waals surface area contributed by atoms with Crippen molar-refractivity contribution in [2.75, 3.05) is 12.4 Å². The first-order valence-electron chi connectivity index (χ1n) is 8.98. The number of aromatic carboxylic acids is 1. The van der Waals surface area contributed by atoms with Gasteiger partial charge in [-0.25, -0.2) is 4.79 Å². The number of carboxylic acid groups (broad SMARTS) is 1. The number of nitrogens with one attached hydrogen (secondary N) is 1. The van der Waals surface area contributed by atoms with Crippen molar-refractivity contribution in [3.8, 4) is 11.5 Å². The molecule has 5 nitrogen and oxygen atoms in total. The van der Waals surface area contributed by atoms with E-state index in [9.17, 15) is 4.79 Å². The van der Waals surface area contributed by atoms with Gasteiger partial charge in [-0.1, -0.05) is 36.4 Å². The molecule has 2 N–H and O–H groups in total. The van der Waals surface area contributed by atoms with Gasteiger partial charge in [0, 0.05) is 12.2 Å². The monoisotopic (exact) mass is 377 g/mol. The second-order valence-electron chi connectivity index (χ2n) is 6.45. The van der Waals surface area contributed by atoms with Gasteiger partial charge in [0.25, 0.3) is 0 Å². The van der Waals surface area contributed by atoms with Gasteiger partial charge in [0.05, 0.1) is 12.7 Å². The number of rotatable bonds is 8. The quantitative estimate of drug-likeness (QED) is 0.585. The summed E-state index contributed by atoms with van der Waals surface area (Å²) in [5.41, 5.74) is 4.19. The molecule has 144 valence electrons. The summed E-state index contributed by atoms with van der Waals surface area (Å²) in [5, 5.41) is 12.4. The zero-order valence-corrected chi connectivity index (χ0v) is 15.9. The highest BCUT2D eigenvalue weighted by Gasteiger charge is 2.08. The van der Waals surface area contributed by atoms with E-state index < -0.39 is 5.97 Å². The largest absolute Gasteiger partial charge is 0.493 e. The lowest BCUT2D eigenvalue weighted by atomic mass is 10.1. The van der Waals surface area contributed by atoms with Crippen LogP contribution in [-0.2, 0) is 13.2 Å². The van der Waals surface area contributed by atoms with Gasteiger partial charge in [-0.05, 0) is 53.9 Å². The topological polar surface area (TPSA) is 67.8 Å². The molecule has 0 aromatic heterocycles. The third-order valence-corrected chi connectivity index (χ3v) is 4.42. The Kier molecular flexibility index (Phi) is 6.17. The summed E-state index contributed by atoms with van der Waals surface area (Å²) in [5.74, 6) is 0.441. The maximum absolute atomic E-state index is 11.0. The number of anilines is 1. The van der Waals surface area contributed by atoms with E-state index in [1.54, 1.807) is 25.3 Å². The van der Waals surface area contributed by atoms with Gasteiger partial charge in [-0.3, -0.25) is 0 Å². The summed E-state index contributed by atoms with van der Waals surface area (Å²) in [6.45, 7) is 2.95. The fraction of sp³-hybridized carbons (Fsp3) is 0.174. The highest BCUT2D eigenvalue weighted by atomic mass is 16.5. The lowest BCUT2D eigenvalue weighted by molar-refractivity contribution is 0.0697. The van der Waals surface area contributed by atoms with E-state index in [1.165, 1.54) is 0 Å². The van der Waals surface area contributed by atoms with Gasteiger partial charge < -0.3 is 19.9 Å². The van der Waals surface area contributed by atoms with Gasteiger partial charge in [0.15, 0.2) is 11.5 Å². The molecule has 0 aliphatic carbocycles. The van der Waals surface area contributed by atoms with Crippen molar-refractivity contribution in [3.05, 3.63) is 89.0 Å². The second kappa shape index (κ2) is 8.95. The maximum atomic E-state index is 11.0. The average Bonchev–Trinajstić information content (AvgIpc) is 2.72. The van der Waals surface area contributed by atoms with E-state index in [4.69, 9.17) is 14.6 Å². The first-order chi connectivity index (χ1) is 13.6. The first kappa shape index (κ1) is 19.3. The van der Waals surface area contributed by atoms with Gasteiger partial charge in [0.1, 0.15) is 6.61 Å². The van der Waals surface area contributed by atoms with E-state index in [2.05, 4.69) is 5.32 Å². The molecule has 0 spiro atoms. The second-order valence-corrected chi connectivity index (χ2v) is 6.45. The molecule has 0 unspecified atom stereocenters. The zero-order chi connectivity index (χ0) is 19.9. The number of aryl methyl sites for hydroxylation is 1. The summed E-state index contributed by atoms with van der Waals surface area (Å²) in [4.78, 5) is 11.0. The van der Waals surface area contributed by atoms with Crippen LogP contribution in [0, 0.1) is 6.92 Å². The zero-order valence-electron chi connectivity index (χ0n) is 15.9. The Morgan fingerprint density at radius 1 is 0.964 bits per heavy atom. The van der Waals surface area contributed by atoms with E-state index >= 15 is 0 Å². The van der Waals surface area contributed by atoms with E-state index in [0.717, 1.165) is 22.4 Å². The number of ether oxygens (including phenoxy) is 2. The minimum absolute atomic E-state index is 0.282. The Morgan fingerprint density at radius 3 is 2.43 bits per heavy atom. The van der Waals surface area contributed by atoms with Crippen LogP contribution in [0.3, 0.4) is 0 Å². The molecule has 0 saturated heterocycles. The van der Waals surface area contributed by atoms with Gasteiger partial charge in [0.2, 0.25) is 0 Å². The van der Waals surface area contributed by atoms with Crippen LogP contribution in [0.15, 0.2) is 66.7 Å². The summed E-state index contributed by atoms with van der Waals surface area (Å²) >= 11 is 0. The maximum Gasteiger partial charge on any atom is 0.335 e. The molecule has 0 saturated carbocycles. The molecular formula is C23H23NO4. The molecule has 0 aliphatic rings. The number of benzene rings is 3. The standard InChI is InChI=1S/C23H23NO4/c1-16-12-19(23(25)26)9-10-20(16)24-14-18-8-11-21(22(13-18)27-2)28-15-17-6-4-3-5-7-17/h3-13,24H,14-15H2,1-2H3,(H,25,26). The average molecular weight is 377 g/mol. The molecule has 0 fully saturated rings. The minimum atomic E-state index is -0.925. The van der Waals surface area contributed by atoms with Crippen LogP contribution < -0.4 is 14.8 Å². The van der Waals surface area contributed by atoms with E-state index in [1.807, 2.05) is 55.5 Å². The highest BCUT2D eigenvalue weighted by molar-refractivity contribution is 5.88. The van der Waals surface area contributed by atoms with Crippen LogP contribution in [0.1, 0.15) is 27.0 Å². The first-order valence-corrected chi connectivity index (χ1v) is 8.98. The molecule has 0 amide bonds. The van der Waals surface area contributed by atoms with Crippen molar-refractivity contribution < 1.29 is 19.4 Å². The smallest absolute Gasteiger partial charge is 0.335 e. The summed E-state index contributed by atoms with van der Waals surface area (Å²) < 4.78 is 11.4. The molecule has 3 aromatic carbocycles. The highest BCUT2D eigenvalue weighted by Crippen LogP contribution is 2.29. The van der Waals surface area contributed by atoms with Gasteiger partial charge in [-0.15, -0.1) is 0 Å². The van der Waals surface area contributed by atoms with Crippen molar-refractivity contribution in [1.29, 1.82) is 0 Å². The fourth-order valence-corrected chi connectivity index (χ4v) is 2.87. The molecule has 0 heterocycles. The van der Waals surface area contributed by atoms with E-state index in [0.29, 0.717) is 24.7 Å². The summed E-state index contributed by atoms with van der Waals surface area (Å²) in [6.07, 6.45) is 0. The van der Waals surface area contributed by atoms with E-state index in [-0.39, 0.29) is 5.56 Å². The molecule has 0 radical (unpaired) electrons. The van der Waals surface area contributed by atoms with Crippen molar-refractivity contribution in [2.24, 2.45) is 0 Å².